The third kappa shape index (κ3) is 5.47. The van der Waals surface area contributed by atoms with E-state index in [2.05, 4.69) is 42.9 Å². The minimum atomic E-state index is 0.134. The van der Waals surface area contributed by atoms with Gasteiger partial charge in [0.25, 0.3) is 0 Å². The molecular formula is C29H20Br2N2O5. The molecule has 9 heteroatoms. The summed E-state index contributed by atoms with van der Waals surface area (Å²) in [6.07, 6.45) is 4.67. The summed E-state index contributed by atoms with van der Waals surface area (Å²) in [6, 6.07) is 20.8. The number of nitrogens with zero attached hydrogens (tertiary/aromatic N) is 2. The first-order valence-electron chi connectivity index (χ1n) is 11.6. The van der Waals surface area contributed by atoms with E-state index >= 15 is 0 Å². The molecule has 5 rings (SSSR count). The van der Waals surface area contributed by atoms with Crippen LogP contribution in [0.2, 0.25) is 0 Å². The third-order valence-electron chi connectivity index (χ3n) is 5.47. The summed E-state index contributed by atoms with van der Waals surface area (Å²) < 4.78 is 30.8. The van der Waals surface area contributed by atoms with Crippen LogP contribution in [0.1, 0.15) is 23.6 Å². The molecule has 0 fully saturated rings. The molecule has 0 radical (unpaired) electrons. The highest BCUT2D eigenvalue weighted by Gasteiger charge is 2.26. The lowest BCUT2D eigenvalue weighted by molar-refractivity contribution is 0.267. The predicted molar refractivity (Wildman–Crippen MR) is 150 cm³/mol. The standard InChI is InChI=1S/C29H20Br2N2O5/c1-2-34-25-14-19(13-22(31)27(25)37-17-18-7-9-20(30)10-8-18)16-33-29-21(15-32)26(23-5-3-11-35-23)28(38-29)24-6-4-12-36-24/h3-14,16H,2,17H2,1H3. The number of ether oxygens (including phenoxy) is 2. The van der Waals surface area contributed by atoms with Crippen molar-refractivity contribution >= 4 is 44.0 Å². The van der Waals surface area contributed by atoms with E-state index in [9.17, 15) is 5.26 Å². The Morgan fingerprint density at radius 3 is 2.37 bits per heavy atom. The van der Waals surface area contributed by atoms with Crippen LogP contribution in [0.4, 0.5) is 5.88 Å². The van der Waals surface area contributed by atoms with Crippen molar-refractivity contribution in [1.82, 2.24) is 0 Å². The van der Waals surface area contributed by atoms with Crippen molar-refractivity contribution in [2.24, 2.45) is 4.99 Å². The van der Waals surface area contributed by atoms with Crippen LogP contribution >= 0.6 is 31.9 Å². The molecule has 0 saturated heterocycles. The van der Waals surface area contributed by atoms with E-state index in [0.717, 1.165) is 15.6 Å². The van der Waals surface area contributed by atoms with Crippen molar-refractivity contribution in [3.8, 4) is 40.4 Å². The van der Waals surface area contributed by atoms with Gasteiger partial charge in [-0.25, -0.2) is 4.99 Å². The average Bonchev–Trinajstić information content (AvgIpc) is 3.69. The Labute approximate surface area is 235 Å². The second-order valence-corrected chi connectivity index (χ2v) is 9.76. The van der Waals surface area contributed by atoms with Gasteiger partial charge in [-0.05, 0) is 82.5 Å². The summed E-state index contributed by atoms with van der Waals surface area (Å²) >= 11 is 7.05. The van der Waals surface area contributed by atoms with E-state index in [0.29, 0.717) is 52.0 Å². The number of hydrogen-bond acceptors (Lipinski definition) is 7. The molecule has 5 aromatic rings. The smallest absolute Gasteiger partial charge is 0.238 e. The van der Waals surface area contributed by atoms with Crippen LogP contribution in [0, 0.1) is 11.3 Å². The highest BCUT2D eigenvalue weighted by atomic mass is 79.9. The summed E-state index contributed by atoms with van der Waals surface area (Å²) in [5.41, 5.74) is 2.46. The van der Waals surface area contributed by atoms with Gasteiger partial charge in [0.1, 0.15) is 24.0 Å². The summed E-state index contributed by atoms with van der Waals surface area (Å²) in [4.78, 5) is 4.50. The SMILES string of the molecule is CCOc1cc(C=Nc2oc(-c3ccco3)c(-c3ccco3)c2C#N)cc(Br)c1OCc1ccc(Br)cc1. The molecule has 3 aromatic heterocycles. The Bertz CT molecular complexity index is 1600. The fraction of sp³-hybridized carbons (Fsp3) is 0.103. The highest BCUT2D eigenvalue weighted by molar-refractivity contribution is 9.10. The van der Waals surface area contributed by atoms with Crippen LogP contribution in [-0.4, -0.2) is 12.8 Å². The Morgan fingerprint density at radius 2 is 1.71 bits per heavy atom. The van der Waals surface area contributed by atoms with Gasteiger partial charge in [-0.1, -0.05) is 28.1 Å². The number of furan rings is 3. The molecule has 38 heavy (non-hydrogen) atoms. The Kier molecular flexibility index (Phi) is 7.82. The topological polar surface area (TPSA) is 94.0 Å². The lowest BCUT2D eigenvalue weighted by atomic mass is 10.1. The van der Waals surface area contributed by atoms with Crippen molar-refractivity contribution < 1.29 is 22.7 Å². The molecule has 3 heterocycles. The van der Waals surface area contributed by atoms with Gasteiger partial charge in [-0.2, -0.15) is 5.26 Å². The first kappa shape index (κ1) is 25.6. The van der Waals surface area contributed by atoms with Gasteiger partial charge in [-0.3, -0.25) is 0 Å². The Hall–Kier alpha value is -4.00. The van der Waals surface area contributed by atoms with Crippen molar-refractivity contribution in [1.29, 1.82) is 5.26 Å². The van der Waals surface area contributed by atoms with Gasteiger partial charge < -0.3 is 22.7 Å². The van der Waals surface area contributed by atoms with Crippen molar-refractivity contribution in [2.45, 2.75) is 13.5 Å². The second kappa shape index (κ2) is 11.6. The Morgan fingerprint density at radius 1 is 0.974 bits per heavy atom. The molecule has 0 unspecified atom stereocenters. The molecule has 190 valence electrons. The lowest BCUT2D eigenvalue weighted by Gasteiger charge is -2.14. The van der Waals surface area contributed by atoms with Gasteiger partial charge >= 0.3 is 0 Å². The van der Waals surface area contributed by atoms with E-state index in [-0.39, 0.29) is 11.4 Å². The maximum atomic E-state index is 9.97. The van der Waals surface area contributed by atoms with Crippen molar-refractivity contribution in [3.05, 3.63) is 98.8 Å². The number of halogens is 2. The third-order valence-corrected chi connectivity index (χ3v) is 6.59. The number of benzene rings is 2. The van der Waals surface area contributed by atoms with E-state index < -0.39 is 0 Å². The number of rotatable bonds is 9. The molecular weight excluding hydrogens is 616 g/mol. The minimum absolute atomic E-state index is 0.134. The Balaban J connectivity index is 1.48. The average molecular weight is 636 g/mol. The van der Waals surface area contributed by atoms with E-state index in [1.165, 1.54) is 12.5 Å². The summed E-state index contributed by atoms with van der Waals surface area (Å²) in [5.74, 6) is 2.59. The maximum Gasteiger partial charge on any atom is 0.238 e. The van der Waals surface area contributed by atoms with Crippen LogP contribution in [0.25, 0.3) is 22.8 Å². The van der Waals surface area contributed by atoms with Crippen LogP contribution in [0.5, 0.6) is 11.5 Å². The normalized spacial score (nSPS) is 11.1. The van der Waals surface area contributed by atoms with Crippen LogP contribution in [-0.2, 0) is 6.61 Å². The van der Waals surface area contributed by atoms with Gasteiger partial charge in [-0.15, -0.1) is 0 Å². The maximum absolute atomic E-state index is 9.97. The highest BCUT2D eigenvalue weighted by Crippen LogP contribution is 2.43. The minimum Gasteiger partial charge on any atom is -0.490 e. The lowest BCUT2D eigenvalue weighted by Crippen LogP contribution is -2.01. The number of hydrogen-bond donors (Lipinski definition) is 0. The molecule has 0 N–H and O–H groups in total. The van der Waals surface area contributed by atoms with Gasteiger partial charge in [0.15, 0.2) is 23.0 Å². The van der Waals surface area contributed by atoms with Gasteiger partial charge in [0, 0.05) is 10.7 Å². The van der Waals surface area contributed by atoms with E-state index in [4.69, 9.17) is 22.7 Å². The van der Waals surface area contributed by atoms with Crippen molar-refractivity contribution in [3.63, 3.8) is 0 Å². The molecule has 0 aliphatic carbocycles. The fourth-order valence-electron chi connectivity index (χ4n) is 3.79. The summed E-state index contributed by atoms with van der Waals surface area (Å²) in [5, 5.41) is 9.97. The van der Waals surface area contributed by atoms with Gasteiger partial charge in [0.2, 0.25) is 5.88 Å². The zero-order valence-corrected chi connectivity index (χ0v) is 23.3. The van der Waals surface area contributed by atoms with Crippen LogP contribution in [0.3, 0.4) is 0 Å². The first-order chi connectivity index (χ1) is 18.6. The van der Waals surface area contributed by atoms with Crippen molar-refractivity contribution in [2.75, 3.05) is 6.61 Å². The zero-order chi connectivity index (χ0) is 26.5. The molecule has 0 spiro atoms. The summed E-state index contributed by atoms with van der Waals surface area (Å²) in [7, 11) is 0. The zero-order valence-electron chi connectivity index (χ0n) is 20.1. The quantitative estimate of drug-likeness (QED) is 0.150. The molecule has 0 saturated carbocycles. The molecule has 2 aromatic carbocycles. The molecule has 0 aliphatic rings. The molecule has 0 atom stereocenters. The molecule has 0 aliphatic heterocycles. The first-order valence-corrected chi connectivity index (χ1v) is 13.2. The molecule has 7 nitrogen and oxygen atoms in total. The number of aliphatic imine (C=N–C) groups is 1. The monoisotopic (exact) mass is 634 g/mol. The van der Waals surface area contributed by atoms with Crippen LogP contribution < -0.4 is 9.47 Å². The van der Waals surface area contributed by atoms with Gasteiger partial charge in [0.05, 0.1) is 29.2 Å². The number of nitriles is 1. The van der Waals surface area contributed by atoms with E-state index in [1.54, 1.807) is 30.5 Å². The fourth-order valence-corrected chi connectivity index (χ4v) is 4.62. The largest absolute Gasteiger partial charge is 0.490 e. The molecule has 0 amide bonds. The predicted octanol–water partition coefficient (Wildman–Crippen LogP) is 8.92. The molecule has 0 bridgehead atoms. The van der Waals surface area contributed by atoms with E-state index in [1.807, 2.05) is 43.3 Å². The second-order valence-electron chi connectivity index (χ2n) is 7.99. The van der Waals surface area contributed by atoms with Crippen LogP contribution in [0.15, 0.2) is 100 Å². The summed E-state index contributed by atoms with van der Waals surface area (Å²) in [6.45, 7) is 2.74.